The number of rotatable bonds is 2. The highest BCUT2D eigenvalue weighted by Gasteiger charge is 2.57. The maximum Gasteiger partial charge on any atom is 0.125 e. The van der Waals surface area contributed by atoms with E-state index in [2.05, 4.69) is 19.2 Å². The highest BCUT2D eigenvalue weighted by molar-refractivity contribution is 5.40. The van der Waals surface area contributed by atoms with E-state index in [-0.39, 0.29) is 22.9 Å². The van der Waals surface area contributed by atoms with Crippen LogP contribution in [0.2, 0.25) is 0 Å². The Hall–Kier alpha value is -1.09. The standard InChI is InChI=1S/C15H20FNO/c1-14(6-7-14)15(2)9-12(17-3)11-8-10(16)4-5-13(11)18-15/h4-5,8,12,17H,6-7,9H2,1-3H3. The first-order valence-electron chi connectivity index (χ1n) is 6.63. The van der Waals surface area contributed by atoms with Crippen LogP contribution in [0, 0.1) is 11.2 Å². The lowest BCUT2D eigenvalue weighted by Crippen LogP contribution is -2.47. The zero-order valence-corrected chi connectivity index (χ0v) is 11.2. The van der Waals surface area contributed by atoms with Crippen LogP contribution in [-0.4, -0.2) is 12.6 Å². The second-order valence-electron chi connectivity index (χ2n) is 6.12. The molecule has 3 rings (SSSR count). The molecule has 0 spiro atoms. The van der Waals surface area contributed by atoms with Crippen LogP contribution in [0.5, 0.6) is 5.75 Å². The third-order valence-corrected chi connectivity index (χ3v) is 4.90. The number of hydrogen-bond donors (Lipinski definition) is 1. The number of hydrogen-bond acceptors (Lipinski definition) is 2. The molecular formula is C15H20FNO. The summed E-state index contributed by atoms with van der Waals surface area (Å²) in [6, 6.07) is 5.00. The van der Waals surface area contributed by atoms with E-state index in [9.17, 15) is 4.39 Å². The number of benzene rings is 1. The largest absolute Gasteiger partial charge is 0.487 e. The van der Waals surface area contributed by atoms with Crippen LogP contribution in [0.4, 0.5) is 4.39 Å². The van der Waals surface area contributed by atoms with E-state index in [1.54, 1.807) is 12.1 Å². The molecule has 1 heterocycles. The van der Waals surface area contributed by atoms with E-state index in [1.165, 1.54) is 18.9 Å². The van der Waals surface area contributed by atoms with Gasteiger partial charge < -0.3 is 10.1 Å². The van der Waals surface area contributed by atoms with Gasteiger partial charge in [-0.1, -0.05) is 6.92 Å². The van der Waals surface area contributed by atoms with Crippen LogP contribution in [0.3, 0.4) is 0 Å². The topological polar surface area (TPSA) is 21.3 Å². The number of fused-ring (bicyclic) bond motifs is 1. The lowest BCUT2D eigenvalue weighted by atomic mass is 9.78. The predicted molar refractivity (Wildman–Crippen MR) is 69.2 cm³/mol. The molecule has 2 aliphatic rings. The average molecular weight is 249 g/mol. The Morgan fingerprint density at radius 3 is 2.67 bits per heavy atom. The Labute approximate surface area is 108 Å². The van der Waals surface area contributed by atoms with Crippen molar-refractivity contribution in [1.82, 2.24) is 5.32 Å². The summed E-state index contributed by atoms with van der Waals surface area (Å²) in [4.78, 5) is 0. The van der Waals surface area contributed by atoms with Gasteiger partial charge in [-0.15, -0.1) is 0 Å². The quantitative estimate of drug-likeness (QED) is 0.867. The van der Waals surface area contributed by atoms with E-state index in [4.69, 9.17) is 4.74 Å². The highest BCUT2D eigenvalue weighted by Crippen LogP contribution is 2.59. The molecule has 2 unspecified atom stereocenters. The maximum atomic E-state index is 13.4. The molecule has 18 heavy (non-hydrogen) atoms. The molecule has 1 aromatic rings. The lowest BCUT2D eigenvalue weighted by Gasteiger charge is -2.44. The van der Waals surface area contributed by atoms with Gasteiger partial charge in [-0.2, -0.15) is 0 Å². The third-order valence-electron chi connectivity index (χ3n) is 4.90. The van der Waals surface area contributed by atoms with E-state index < -0.39 is 0 Å². The van der Waals surface area contributed by atoms with Crippen molar-refractivity contribution in [2.45, 2.75) is 44.8 Å². The summed E-state index contributed by atoms with van der Waals surface area (Å²) < 4.78 is 19.6. The smallest absolute Gasteiger partial charge is 0.125 e. The van der Waals surface area contributed by atoms with E-state index in [0.717, 1.165) is 17.7 Å². The van der Waals surface area contributed by atoms with Crippen molar-refractivity contribution in [3.8, 4) is 5.75 Å². The minimum Gasteiger partial charge on any atom is -0.487 e. The van der Waals surface area contributed by atoms with Gasteiger partial charge in [0.15, 0.2) is 0 Å². The molecule has 1 aliphatic carbocycles. The second kappa shape index (κ2) is 3.70. The van der Waals surface area contributed by atoms with Gasteiger partial charge >= 0.3 is 0 Å². The van der Waals surface area contributed by atoms with Crippen LogP contribution < -0.4 is 10.1 Å². The molecule has 0 saturated heterocycles. The Kier molecular flexibility index (Phi) is 2.46. The highest BCUT2D eigenvalue weighted by atomic mass is 19.1. The van der Waals surface area contributed by atoms with Crippen molar-refractivity contribution in [3.05, 3.63) is 29.6 Å². The number of halogens is 1. The van der Waals surface area contributed by atoms with Crippen molar-refractivity contribution in [2.24, 2.45) is 5.41 Å². The number of nitrogens with one attached hydrogen (secondary N) is 1. The minimum atomic E-state index is -0.196. The van der Waals surface area contributed by atoms with Gasteiger partial charge in [0.1, 0.15) is 17.2 Å². The van der Waals surface area contributed by atoms with Crippen molar-refractivity contribution in [3.63, 3.8) is 0 Å². The van der Waals surface area contributed by atoms with Crippen molar-refractivity contribution in [1.29, 1.82) is 0 Å². The summed E-state index contributed by atoms with van der Waals surface area (Å²) in [5, 5.41) is 3.30. The Bertz CT molecular complexity index is 483. The van der Waals surface area contributed by atoms with E-state index in [1.807, 2.05) is 7.05 Å². The molecule has 1 aromatic carbocycles. The molecule has 3 heteroatoms. The average Bonchev–Trinajstić information content (AvgIpc) is 3.09. The number of ether oxygens (including phenoxy) is 1. The summed E-state index contributed by atoms with van der Waals surface area (Å²) in [6.45, 7) is 4.48. The van der Waals surface area contributed by atoms with Gasteiger partial charge in [0.25, 0.3) is 0 Å². The Morgan fingerprint density at radius 2 is 2.06 bits per heavy atom. The Morgan fingerprint density at radius 1 is 1.33 bits per heavy atom. The minimum absolute atomic E-state index is 0.147. The second-order valence-corrected chi connectivity index (χ2v) is 6.12. The summed E-state index contributed by atoms with van der Waals surface area (Å²) >= 11 is 0. The van der Waals surface area contributed by atoms with Crippen LogP contribution in [0.25, 0.3) is 0 Å². The molecule has 98 valence electrons. The molecular weight excluding hydrogens is 229 g/mol. The van der Waals surface area contributed by atoms with Crippen molar-refractivity contribution in [2.75, 3.05) is 7.05 Å². The van der Waals surface area contributed by atoms with Gasteiger partial charge in [-0.25, -0.2) is 4.39 Å². The fourth-order valence-corrected chi connectivity index (χ4v) is 3.01. The summed E-state index contributed by atoms with van der Waals surface area (Å²) in [6.07, 6.45) is 3.34. The third kappa shape index (κ3) is 1.64. The zero-order valence-electron chi connectivity index (χ0n) is 11.2. The van der Waals surface area contributed by atoms with Gasteiger partial charge in [-0.3, -0.25) is 0 Å². The normalized spacial score (nSPS) is 32.6. The monoisotopic (exact) mass is 249 g/mol. The zero-order chi connectivity index (χ0) is 13.0. The van der Waals surface area contributed by atoms with Crippen molar-refractivity contribution >= 4 is 0 Å². The fraction of sp³-hybridized carbons (Fsp3) is 0.600. The molecule has 1 saturated carbocycles. The molecule has 0 aromatic heterocycles. The van der Waals surface area contributed by atoms with Crippen molar-refractivity contribution < 1.29 is 9.13 Å². The molecule has 1 fully saturated rings. The molecule has 0 radical (unpaired) electrons. The summed E-state index contributed by atoms with van der Waals surface area (Å²) in [5.74, 6) is 0.636. The Balaban J connectivity index is 2.02. The molecule has 2 nitrogen and oxygen atoms in total. The fourth-order valence-electron chi connectivity index (χ4n) is 3.01. The van der Waals surface area contributed by atoms with E-state index >= 15 is 0 Å². The first kappa shape index (κ1) is 12.0. The first-order chi connectivity index (χ1) is 8.47. The molecule has 2 atom stereocenters. The first-order valence-corrected chi connectivity index (χ1v) is 6.63. The lowest BCUT2D eigenvalue weighted by molar-refractivity contribution is -0.0127. The van der Waals surface area contributed by atoms with Gasteiger partial charge in [-0.05, 0) is 45.0 Å². The SMILES string of the molecule is CNC1CC(C)(C2(C)CC2)Oc2ccc(F)cc21. The van der Waals surface area contributed by atoms with Gasteiger partial charge in [0, 0.05) is 23.4 Å². The summed E-state index contributed by atoms with van der Waals surface area (Å²) in [7, 11) is 1.93. The molecule has 1 N–H and O–H groups in total. The van der Waals surface area contributed by atoms with Crippen LogP contribution in [0.15, 0.2) is 18.2 Å². The maximum absolute atomic E-state index is 13.4. The van der Waals surface area contributed by atoms with Crippen LogP contribution in [-0.2, 0) is 0 Å². The molecule has 0 amide bonds. The van der Waals surface area contributed by atoms with Crippen LogP contribution in [0.1, 0.15) is 44.7 Å². The molecule has 1 aliphatic heterocycles. The van der Waals surface area contributed by atoms with Gasteiger partial charge in [0.05, 0.1) is 0 Å². The summed E-state index contributed by atoms with van der Waals surface area (Å²) in [5.41, 5.74) is 1.07. The predicted octanol–water partition coefficient (Wildman–Crippen LogP) is 3.43. The molecule has 0 bridgehead atoms. The van der Waals surface area contributed by atoms with Crippen LogP contribution >= 0.6 is 0 Å². The van der Waals surface area contributed by atoms with Gasteiger partial charge in [0.2, 0.25) is 0 Å². The van der Waals surface area contributed by atoms with E-state index in [0.29, 0.717) is 0 Å².